The molecule has 3 N–H and O–H groups in total. The highest BCUT2D eigenvalue weighted by atomic mass is 16.4. The van der Waals surface area contributed by atoms with E-state index in [0.717, 1.165) is 5.56 Å². The number of carbonyl (C=O) groups excluding carboxylic acids is 1. The maximum absolute atomic E-state index is 11.8. The molecule has 2 aromatic rings. The first-order valence-corrected chi connectivity index (χ1v) is 5.96. The van der Waals surface area contributed by atoms with Crippen LogP contribution in [0, 0.1) is 0 Å². The fraction of sp³-hybridized carbons (Fsp3) is 0.0667. The van der Waals surface area contributed by atoms with E-state index in [1.165, 1.54) is 36.4 Å². The molecule has 0 fully saturated rings. The number of carbonyl (C=O) groups is 2. The van der Waals surface area contributed by atoms with Crippen molar-refractivity contribution in [3.8, 4) is 5.75 Å². The van der Waals surface area contributed by atoms with Gasteiger partial charge in [0.05, 0.1) is 12.0 Å². The second kappa shape index (κ2) is 5.88. The Labute approximate surface area is 115 Å². The molecule has 20 heavy (non-hydrogen) atoms. The number of benzene rings is 2. The number of hydrogen-bond acceptors (Lipinski definition) is 3. The van der Waals surface area contributed by atoms with Crippen LogP contribution in [0.15, 0.2) is 48.5 Å². The van der Waals surface area contributed by atoms with Crippen LogP contribution in [0.1, 0.15) is 15.9 Å². The van der Waals surface area contributed by atoms with Crippen molar-refractivity contribution in [2.45, 2.75) is 6.42 Å². The molecule has 0 saturated carbocycles. The maximum Gasteiger partial charge on any atom is 0.335 e. The highest BCUT2D eigenvalue weighted by molar-refractivity contribution is 5.93. The van der Waals surface area contributed by atoms with Gasteiger partial charge in [0, 0.05) is 5.69 Å². The van der Waals surface area contributed by atoms with Crippen LogP contribution in [-0.4, -0.2) is 22.1 Å². The van der Waals surface area contributed by atoms with Crippen molar-refractivity contribution in [3.63, 3.8) is 0 Å². The van der Waals surface area contributed by atoms with Crippen molar-refractivity contribution in [2.24, 2.45) is 0 Å². The Balaban J connectivity index is 1.97. The molecular formula is C15H13NO4. The molecule has 0 saturated heterocycles. The zero-order chi connectivity index (χ0) is 14.5. The summed E-state index contributed by atoms with van der Waals surface area (Å²) >= 11 is 0. The fourth-order valence-corrected chi connectivity index (χ4v) is 1.70. The van der Waals surface area contributed by atoms with Gasteiger partial charge in [-0.3, -0.25) is 4.79 Å². The van der Waals surface area contributed by atoms with E-state index in [1.54, 1.807) is 12.1 Å². The third kappa shape index (κ3) is 3.58. The highest BCUT2D eigenvalue weighted by Crippen LogP contribution is 2.12. The maximum atomic E-state index is 11.8. The monoisotopic (exact) mass is 271 g/mol. The molecule has 5 heteroatoms. The molecule has 0 unspecified atom stereocenters. The van der Waals surface area contributed by atoms with Gasteiger partial charge in [0.2, 0.25) is 5.91 Å². The molecule has 0 bridgehead atoms. The molecule has 0 radical (unpaired) electrons. The minimum Gasteiger partial charge on any atom is -0.508 e. The molecule has 1 amide bonds. The van der Waals surface area contributed by atoms with E-state index in [1.807, 2.05) is 0 Å². The highest BCUT2D eigenvalue weighted by Gasteiger charge is 2.06. The summed E-state index contributed by atoms with van der Waals surface area (Å²) < 4.78 is 0. The summed E-state index contributed by atoms with van der Waals surface area (Å²) in [5.74, 6) is -1.07. The van der Waals surface area contributed by atoms with Crippen LogP contribution in [0.25, 0.3) is 0 Å². The largest absolute Gasteiger partial charge is 0.508 e. The zero-order valence-corrected chi connectivity index (χ0v) is 10.5. The Hall–Kier alpha value is -2.82. The normalized spacial score (nSPS) is 10.0. The van der Waals surface area contributed by atoms with Crippen molar-refractivity contribution < 1.29 is 19.8 Å². The topological polar surface area (TPSA) is 86.6 Å². The molecule has 0 aliphatic rings. The lowest BCUT2D eigenvalue weighted by molar-refractivity contribution is -0.115. The number of rotatable bonds is 4. The quantitative estimate of drug-likeness (QED) is 0.796. The van der Waals surface area contributed by atoms with Crippen LogP contribution in [0.2, 0.25) is 0 Å². The van der Waals surface area contributed by atoms with Gasteiger partial charge in [0.15, 0.2) is 0 Å². The minimum atomic E-state index is -1.01. The second-order valence-corrected chi connectivity index (χ2v) is 4.27. The molecule has 102 valence electrons. The van der Waals surface area contributed by atoms with Crippen LogP contribution >= 0.6 is 0 Å². The third-order valence-electron chi connectivity index (χ3n) is 2.72. The average molecular weight is 271 g/mol. The summed E-state index contributed by atoms with van der Waals surface area (Å²) in [6.07, 6.45) is 0.182. The number of hydrogen-bond donors (Lipinski definition) is 3. The van der Waals surface area contributed by atoms with Gasteiger partial charge in [0.1, 0.15) is 5.75 Å². The SMILES string of the molecule is O=C(Cc1ccc(O)cc1)Nc1ccc(C(=O)O)cc1. The Morgan fingerprint density at radius 1 is 0.950 bits per heavy atom. The lowest BCUT2D eigenvalue weighted by atomic mass is 10.1. The lowest BCUT2D eigenvalue weighted by Crippen LogP contribution is -2.14. The van der Waals surface area contributed by atoms with Crippen LogP contribution in [0.5, 0.6) is 5.75 Å². The van der Waals surface area contributed by atoms with Gasteiger partial charge in [-0.05, 0) is 42.0 Å². The standard InChI is InChI=1S/C15H13NO4/c17-13-7-1-10(2-8-13)9-14(18)16-12-5-3-11(4-6-12)15(19)20/h1-8,17H,9H2,(H,16,18)(H,19,20). The number of phenols is 1. The number of phenolic OH excluding ortho intramolecular Hbond substituents is 1. The van der Waals surface area contributed by atoms with Crippen molar-refractivity contribution in [1.29, 1.82) is 0 Å². The van der Waals surface area contributed by atoms with Crippen molar-refractivity contribution >= 4 is 17.6 Å². The predicted molar refractivity (Wildman–Crippen MR) is 73.8 cm³/mol. The fourth-order valence-electron chi connectivity index (χ4n) is 1.70. The Morgan fingerprint density at radius 2 is 1.55 bits per heavy atom. The molecule has 0 aliphatic carbocycles. The Kier molecular flexibility index (Phi) is 4.00. The molecule has 2 aromatic carbocycles. The number of carboxylic acids is 1. The summed E-state index contributed by atoms with van der Waals surface area (Å²) in [6, 6.07) is 12.3. The van der Waals surface area contributed by atoms with E-state index < -0.39 is 5.97 Å². The van der Waals surface area contributed by atoms with Gasteiger partial charge >= 0.3 is 5.97 Å². The Bertz CT molecular complexity index is 617. The van der Waals surface area contributed by atoms with E-state index in [2.05, 4.69) is 5.32 Å². The summed E-state index contributed by atoms with van der Waals surface area (Å²) in [7, 11) is 0. The number of carboxylic acid groups (broad SMARTS) is 1. The summed E-state index contributed by atoms with van der Waals surface area (Å²) in [4.78, 5) is 22.5. The van der Waals surface area contributed by atoms with Gasteiger partial charge in [-0.15, -0.1) is 0 Å². The van der Waals surface area contributed by atoms with E-state index in [9.17, 15) is 9.59 Å². The third-order valence-corrected chi connectivity index (χ3v) is 2.72. The van der Waals surface area contributed by atoms with Gasteiger partial charge in [-0.2, -0.15) is 0 Å². The Morgan fingerprint density at radius 3 is 2.10 bits per heavy atom. The molecule has 2 rings (SSSR count). The van der Waals surface area contributed by atoms with E-state index in [-0.39, 0.29) is 23.6 Å². The first-order chi connectivity index (χ1) is 9.54. The predicted octanol–water partition coefficient (Wildman–Crippen LogP) is 2.27. The molecule has 0 spiro atoms. The summed E-state index contributed by atoms with van der Waals surface area (Å²) in [5.41, 5.74) is 1.49. The van der Waals surface area contributed by atoms with Gasteiger partial charge in [-0.25, -0.2) is 4.79 Å². The first kappa shape index (κ1) is 13.6. The van der Waals surface area contributed by atoms with Crippen LogP contribution in [0.3, 0.4) is 0 Å². The molecule has 0 heterocycles. The molecule has 0 atom stereocenters. The zero-order valence-electron chi connectivity index (χ0n) is 10.5. The van der Waals surface area contributed by atoms with Gasteiger partial charge in [0.25, 0.3) is 0 Å². The number of aromatic hydroxyl groups is 1. The van der Waals surface area contributed by atoms with E-state index >= 15 is 0 Å². The first-order valence-electron chi connectivity index (χ1n) is 5.96. The molecule has 5 nitrogen and oxygen atoms in total. The second-order valence-electron chi connectivity index (χ2n) is 4.27. The number of aromatic carboxylic acids is 1. The average Bonchev–Trinajstić information content (AvgIpc) is 2.42. The van der Waals surface area contributed by atoms with Gasteiger partial charge in [-0.1, -0.05) is 12.1 Å². The smallest absolute Gasteiger partial charge is 0.335 e. The van der Waals surface area contributed by atoms with E-state index in [0.29, 0.717) is 5.69 Å². The van der Waals surface area contributed by atoms with Crippen LogP contribution < -0.4 is 5.32 Å². The van der Waals surface area contributed by atoms with Gasteiger partial charge < -0.3 is 15.5 Å². The van der Waals surface area contributed by atoms with Crippen LogP contribution in [0.4, 0.5) is 5.69 Å². The minimum absolute atomic E-state index is 0.151. The van der Waals surface area contributed by atoms with Crippen molar-refractivity contribution in [3.05, 3.63) is 59.7 Å². The number of nitrogens with one attached hydrogen (secondary N) is 1. The van der Waals surface area contributed by atoms with Crippen LogP contribution in [-0.2, 0) is 11.2 Å². The summed E-state index contributed by atoms with van der Waals surface area (Å²) in [6.45, 7) is 0. The molecular weight excluding hydrogens is 258 g/mol. The molecule has 0 aromatic heterocycles. The number of amides is 1. The summed E-state index contributed by atoms with van der Waals surface area (Å²) in [5, 5.41) is 20.6. The molecule has 0 aliphatic heterocycles. The lowest BCUT2D eigenvalue weighted by Gasteiger charge is -2.06. The van der Waals surface area contributed by atoms with E-state index in [4.69, 9.17) is 10.2 Å². The van der Waals surface area contributed by atoms with Crippen molar-refractivity contribution in [1.82, 2.24) is 0 Å². The van der Waals surface area contributed by atoms with Crippen molar-refractivity contribution in [2.75, 3.05) is 5.32 Å². The number of anilines is 1.